The van der Waals surface area contributed by atoms with Crippen LogP contribution in [0.15, 0.2) is 0 Å². The number of carbonyl (C=O) groups is 1. The molecule has 92 valence electrons. The zero-order chi connectivity index (χ0) is 11.2. The zero-order valence-corrected chi connectivity index (χ0v) is 9.54. The zero-order valence-electron chi connectivity index (χ0n) is 9.54. The topological polar surface area (TPSA) is 59.6 Å². The van der Waals surface area contributed by atoms with Gasteiger partial charge in [-0.05, 0) is 19.3 Å². The largest absolute Gasteiger partial charge is 0.381 e. The van der Waals surface area contributed by atoms with Crippen molar-refractivity contribution in [1.82, 2.24) is 10.6 Å². The van der Waals surface area contributed by atoms with Crippen molar-refractivity contribution in [3.8, 4) is 0 Å². The van der Waals surface area contributed by atoms with Crippen molar-refractivity contribution in [2.24, 2.45) is 0 Å². The van der Waals surface area contributed by atoms with E-state index in [1.165, 1.54) is 0 Å². The van der Waals surface area contributed by atoms with Gasteiger partial charge in [-0.2, -0.15) is 0 Å². The lowest BCUT2D eigenvalue weighted by Gasteiger charge is -2.23. The highest BCUT2D eigenvalue weighted by molar-refractivity contribution is 5.78. The molecule has 2 saturated heterocycles. The quantitative estimate of drug-likeness (QED) is 0.691. The lowest BCUT2D eigenvalue weighted by atomic mass is 10.1. The Morgan fingerprint density at radius 1 is 1.06 bits per heavy atom. The fourth-order valence-corrected chi connectivity index (χ4v) is 2.05. The lowest BCUT2D eigenvalue weighted by molar-refractivity contribution is -0.121. The molecule has 2 aliphatic rings. The molecule has 0 aromatic rings. The van der Waals surface area contributed by atoms with E-state index in [2.05, 4.69) is 10.6 Å². The maximum absolute atomic E-state index is 11.6. The average Bonchev–Trinajstić information content (AvgIpc) is 2.81. The number of ether oxygens (including phenoxy) is 2. The standard InChI is InChI=1S/C11H20N2O3/c14-11(7-12-10-3-6-16-8-10)13-9-1-4-15-5-2-9/h9-10,12H,1-8H2,(H,13,14). The Balaban J connectivity index is 1.59. The minimum Gasteiger partial charge on any atom is -0.381 e. The van der Waals surface area contributed by atoms with Crippen molar-refractivity contribution in [1.29, 1.82) is 0 Å². The van der Waals surface area contributed by atoms with Crippen LogP contribution in [-0.2, 0) is 14.3 Å². The number of nitrogens with one attached hydrogen (secondary N) is 2. The monoisotopic (exact) mass is 228 g/mol. The van der Waals surface area contributed by atoms with Crippen LogP contribution < -0.4 is 10.6 Å². The van der Waals surface area contributed by atoms with E-state index < -0.39 is 0 Å². The van der Waals surface area contributed by atoms with Crippen LogP contribution in [0, 0.1) is 0 Å². The van der Waals surface area contributed by atoms with E-state index in [9.17, 15) is 4.79 Å². The molecule has 0 bridgehead atoms. The average molecular weight is 228 g/mol. The number of hydrogen-bond acceptors (Lipinski definition) is 4. The third kappa shape index (κ3) is 3.73. The van der Waals surface area contributed by atoms with E-state index in [0.29, 0.717) is 18.6 Å². The van der Waals surface area contributed by atoms with Crippen LogP contribution in [0.25, 0.3) is 0 Å². The van der Waals surface area contributed by atoms with Gasteiger partial charge in [0.25, 0.3) is 0 Å². The molecule has 0 saturated carbocycles. The molecule has 0 aliphatic carbocycles. The first-order valence-corrected chi connectivity index (χ1v) is 6.03. The number of amides is 1. The highest BCUT2D eigenvalue weighted by Gasteiger charge is 2.18. The Labute approximate surface area is 95.9 Å². The summed E-state index contributed by atoms with van der Waals surface area (Å²) in [5.74, 6) is 0.0822. The minimum absolute atomic E-state index is 0.0822. The van der Waals surface area contributed by atoms with Crippen molar-refractivity contribution in [3.05, 3.63) is 0 Å². The summed E-state index contributed by atoms with van der Waals surface area (Å²) < 4.78 is 10.5. The SMILES string of the molecule is O=C(CNC1CCOC1)NC1CCOCC1. The van der Waals surface area contributed by atoms with Crippen LogP contribution in [0.3, 0.4) is 0 Å². The summed E-state index contributed by atoms with van der Waals surface area (Å²) in [5, 5.41) is 6.22. The molecule has 5 heteroatoms. The van der Waals surface area contributed by atoms with E-state index in [1.807, 2.05) is 0 Å². The van der Waals surface area contributed by atoms with Crippen molar-refractivity contribution >= 4 is 5.91 Å². The molecule has 0 aromatic heterocycles. The van der Waals surface area contributed by atoms with Crippen LogP contribution in [0.1, 0.15) is 19.3 Å². The predicted molar refractivity (Wildman–Crippen MR) is 59.2 cm³/mol. The highest BCUT2D eigenvalue weighted by Crippen LogP contribution is 2.06. The van der Waals surface area contributed by atoms with Gasteiger partial charge in [0.2, 0.25) is 5.91 Å². The molecule has 2 heterocycles. The van der Waals surface area contributed by atoms with Gasteiger partial charge in [0, 0.05) is 31.9 Å². The smallest absolute Gasteiger partial charge is 0.234 e. The molecule has 2 N–H and O–H groups in total. The van der Waals surface area contributed by atoms with Crippen LogP contribution in [0.2, 0.25) is 0 Å². The molecule has 0 spiro atoms. The molecule has 5 nitrogen and oxygen atoms in total. The summed E-state index contributed by atoms with van der Waals surface area (Å²) >= 11 is 0. The van der Waals surface area contributed by atoms with Gasteiger partial charge in [0.15, 0.2) is 0 Å². The predicted octanol–water partition coefficient (Wildman–Crippen LogP) is -0.340. The van der Waals surface area contributed by atoms with Crippen LogP contribution in [0.5, 0.6) is 0 Å². The molecule has 1 atom stereocenters. The van der Waals surface area contributed by atoms with Gasteiger partial charge in [-0.15, -0.1) is 0 Å². The Bertz CT molecular complexity index is 223. The van der Waals surface area contributed by atoms with Crippen LogP contribution in [-0.4, -0.2) is 51.0 Å². The molecule has 1 amide bonds. The van der Waals surface area contributed by atoms with Crippen molar-refractivity contribution in [3.63, 3.8) is 0 Å². The van der Waals surface area contributed by atoms with E-state index in [0.717, 1.165) is 45.7 Å². The van der Waals surface area contributed by atoms with Gasteiger partial charge >= 0.3 is 0 Å². The Hall–Kier alpha value is -0.650. The molecule has 0 aromatic carbocycles. The first kappa shape index (κ1) is 11.8. The third-order valence-electron chi connectivity index (χ3n) is 3.07. The second kappa shape index (κ2) is 6.18. The maximum atomic E-state index is 11.6. The molecular formula is C11H20N2O3. The molecule has 16 heavy (non-hydrogen) atoms. The van der Waals surface area contributed by atoms with Crippen LogP contribution >= 0.6 is 0 Å². The Morgan fingerprint density at radius 3 is 2.44 bits per heavy atom. The summed E-state index contributed by atoms with van der Waals surface area (Å²) in [4.78, 5) is 11.6. The molecule has 2 aliphatic heterocycles. The minimum atomic E-state index is 0.0822. The van der Waals surface area contributed by atoms with Crippen molar-refractivity contribution < 1.29 is 14.3 Å². The summed E-state index contributed by atoms with van der Waals surface area (Å²) in [6.07, 6.45) is 2.86. The molecule has 2 rings (SSSR count). The van der Waals surface area contributed by atoms with E-state index in [-0.39, 0.29) is 5.91 Å². The van der Waals surface area contributed by atoms with Gasteiger partial charge in [0.1, 0.15) is 0 Å². The van der Waals surface area contributed by atoms with Crippen molar-refractivity contribution in [2.45, 2.75) is 31.3 Å². The first-order chi connectivity index (χ1) is 7.84. The molecule has 1 unspecified atom stereocenters. The van der Waals surface area contributed by atoms with Gasteiger partial charge < -0.3 is 20.1 Å². The number of rotatable bonds is 4. The number of carbonyl (C=O) groups excluding carboxylic acids is 1. The molecule has 0 radical (unpaired) electrons. The van der Waals surface area contributed by atoms with Crippen LogP contribution in [0.4, 0.5) is 0 Å². The van der Waals surface area contributed by atoms with Gasteiger partial charge in [-0.1, -0.05) is 0 Å². The molecule has 2 fully saturated rings. The highest BCUT2D eigenvalue weighted by atomic mass is 16.5. The maximum Gasteiger partial charge on any atom is 0.234 e. The van der Waals surface area contributed by atoms with E-state index in [4.69, 9.17) is 9.47 Å². The second-order valence-corrected chi connectivity index (χ2v) is 4.40. The fraction of sp³-hybridized carbons (Fsp3) is 0.909. The summed E-state index contributed by atoms with van der Waals surface area (Å²) in [5.41, 5.74) is 0. The second-order valence-electron chi connectivity index (χ2n) is 4.40. The number of hydrogen-bond donors (Lipinski definition) is 2. The summed E-state index contributed by atoms with van der Waals surface area (Å²) in [7, 11) is 0. The fourth-order valence-electron chi connectivity index (χ4n) is 2.05. The Kier molecular flexibility index (Phi) is 4.56. The summed E-state index contributed by atoms with van der Waals surface area (Å²) in [6, 6.07) is 0.642. The normalized spacial score (nSPS) is 26.9. The van der Waals surface area contributed by atoms with Crippen molar-refractivity contribution in [2.75, 3.05) is 33.0 Å². The summed E-state index contributed by atoms with van der Waals surface area (Å²) in [6.45, 7) is 3.44. The molecular weight excluding hydrogens is 208 g/mol. The first-order valence-electron chi connectivity index (χ1n) is 6.03. The Morgan fingerprint density at radius 2 is 1.75 bits per heavy atom. The van der Waals surface area contributed by atoms with Gasteiger partial charge in [0.05, 0.1) is 13.2 Å². The van der Waals surface area contributed by atoms with E-state index >= 15 is 0 Å². The third-order valence-corrected chi connectivity index (χ3v) is 3.07. The van der Waals surface area contributed by atoms with Gasteiger partial charge in [-0.3, -0.25) is 4.79 Å². The van der Waals surface area contributed by atoms with Gasteiger partial charge in [-0.25, -0.2) is 0 Å². The lowest BCUT2D eigenvalue weighted by Crippen LogP contribution is -2.45. The van der Waals surface area contributed by atoms with E-state index in [1.54, 1.807) is 0 Å².